The van der Waals surface area contributed by atoms with E-state index in [-0.39, 0.29) is 0 Å². The normalized spacial score (nSPS) is 11.2. The molecule has 2 heterocycles. The average molecular weight is 321 g/mol. The lowest BCUT2D eigenvalue weighted by molar-refractivity contribution is 0.669. The summed E-state index contributed by atoms with van der Waals surface area (Å²) in [5, 5.41) is 1.05. The molecule has 25 heavy (non-hydrogen) atoms. The fourth-order valence-electron chi connectivity index (χ4n) is 3.33. The minimum Gasteiger partial charge on any atom is -0.454 e. The van der Waals surface area contributed by atoms with Gasteiger partial charge in [-0.2, -0.15) is 0 Å². The van der Waals surface area contributed by atoms with E-state index >= 15 is 0 Å². The van der Waals surface area contributed by atoms with Gasteiger partial charge in [0.25, 0.3) is 0 Å². The van der Waals surface area contributed by atoms with Gasteiger partial charge >= 0.3 is 0 Å². The van der Waals surface area contributed by atoms with Crippen molar-refractivity contribution in [2.75, 3.05) is 0 Å². The number of aromatic nitrogens is 1. The lowest BCUT2D eigenvalue weighted by Crippen LogP contribution is -1.83. The first-order chi connectivity index (χ1) is 12.4. The minimum absolute atomic E-state index is 0.842. The zero-order chi connectivity index (χ0) is 16.6. The summed E-state index contributed by atoms with van der Waals surface area (Å²) in [6, 6.07) is 29.0. The molecule has 0 N–H and O–H groups in total. The first-order valence-electron chi connectivity index (χ1n) is 8.32. The summed E-state index contributed by atoms with van der Waals surface area (Å²) >= 11 is 0. The minimum atomic E-state index is 0.842. The SMILES string of the molecule is c1ccc(-c2cccc(-c3ccnc4c3oc3ccccc34)c2)cc1. The topological polar surface area (TPSA) is 26.0 Å². The van der Waals surface area contributed by atoms with E-state index in [1.54, 1.807) is 0 Å². The van der Waals surface area contributed by atoms with Crippen LogP contribution in [0.4, 0.5) is 0 Å². The van der Waals surface area contributed by atoms with Crippen LogP contribution in [0, 0.1) is 0 Å². The summed E-state index contributed by atoms with van der Waals surface area (Å²) in [5.74, 6) is 0. The second kappa shape index (κ2) is 5.60. The van der Waals surface area contributed by atoms with Crippen LogP contribution in [0.25, 0.3) is 44.3 Å². The molecule has 2 heteroatoms. The van der Waals surface area contributed by atoms with E-state index in [9.17, 15) is 0 Å². The maximum atomic E-state index is 6.12. The zero-order valence-corrected chi connectivity index (χ0v) is 13.5. The van der Waals surface area contributed by atoms with Crippen LogP contribution >= 0.6 is 0 Å². The van der Waals surface area contributed by atoms with Crippen LogP contribution in [0.2, 0.25) is 0 Å². The highest BCUT2D eigenvalue weighted by molar-refractivity contribution is 6.07. The lowest BCUT2D eigenvalue weighted by atomic mass is 9.99. The van der Waals surface area contributed by atoms with Crippen molar-refractivity contribution >= 4 is 22.1 Å². The van der Waals surface area contributed by atoms with Crippen LogP contribution in [0.15, 0.2) is 95.5 Å². The molecule has 0 atom stereocenters. The van der Waals surface area contributed by atoms with Crippen molar-refractivity contribution in [2.45, 2.75) is 0 Å². The van der Waals surface area contributed by atoms with Gasteiger partial charge in [0.1, 0.15) is 11.1 Å². The van der Waals surface area contributed by atoms with Crippen molar-refractivity contribution in [1.29, 1.82) is 0 Å². The summed E-state index contributed by atoms with van der Waals surface area (Å²) in [7, 11) is 0. The number of nitrogens with zero attached hydrogens (tertiary/aromatic N) is 1. The predicted molar refractivity (Wildman–Crippen MR) is 102 cm³/mol. The summed E-state index contributed by atoms with van der Waals surface area (Å²) in [4.78, 5) is 4.54. The predicted octanol–water partition coefficient (Wildman–Crippen LogP) is 6.32. The van der Waals surface area contributed by atoms with Gasteiger partial charge in [0.05, 0.1) is 0 Å². The number of para-hydroxylation sites is 1. The Morgan fingerprint density at radius 3 is 2.32 bits per heavy atom. The molecule has 118 valence electrons. The molecule has 0 saturated heterocycles. The second-order valence-corrected chi connectivity index (χ2v) is 6.08. The highest BCUT2D eigenvalue weighted by Crippen LogP contribution is 2.35. The number of hydrogen-bond donors (Lipinski definition) is 0. The van der Waals surface area contributed by atoms with E-state index in [0.717, 1.165) is 33.2 Å². The van der Waals surface area contributed by atoms with Crippen LogP contribution in [0.3, 0.4) is 0 Å². The van der Waals surface area contributed by atoms with Crippen LogP contribution in [-0.4, -0.2) is 4.98 Å². The molecular formula is C23H15NO. The third-order valence-corrected chi connectivity index (χ3v) is 4.54. The highest BCUT2D eigenvalue weighted by atomic mass is 16.3. The van der Waals surface area contributed by atoms with E-state index in [2.05, 4.69) is 59.6 Å². The Morgan fingerprint density at radius 2 is 1.40 bits per heavy atom. The van der Waals surface area contributed by atoms with Crippen molar-refractivity contribution in [3.63, 3.8) is 0 Å². The molecule has 0 aliphatic rings. The first kappa shape index (κ1) is 14.0. The van der Waals surface area contributed by atoms with Gasteiger partial charge in [-0.3, -0.25) is 4.98 Å². The molecule has 0 radical (unpaired) electrons. The van der Waals surface area contributed by atoms with Crippen molar-refractivity contribution in [2.24, 2.45) is 0 Å². The number of furan rings is 1. The third-order valence-electron chi connectivity index (χ3n) is 4.54. The van der Waals surface area contributed by atoms with Crippen LogP contribution in [-0.2, 0) is 0 Å². The Kier molecular flexibility index (Phi) is 3.14. The van der Waals surface area contributed by atoms with Crippen LogP contribution in [0.5, 0.6) is 0 Å². The Morgan fingerprint density at radius 1 is 0.640 bits per heavy atom. The van der Waals surface area contributed by atoms with Crippen molar-refractivity contribution in [3.8, 4) is 22.3 Å². The average Bonchev–Trinajstić information content (AvgIpc) is 3.07. The number of fused-ring (bicyclic) bond motifs is 3. The van der Waals surface area contributed by atoms with Gasteiger partial charge < -0.3 is 4.42 Å². The fraction of sp³-hybridized carbons (Fsp3) is 0. The van der Waals surface area contributed by atoms with Crippen molar-refractivity contribution < 1.29 is 4.42 Å². The van der Waals surface area contributed by atoms with Gasteiger partial charge in [0, 0.05) is 17.1 Å². The molecule has 5 rings (SSSR count). The van der Waals surface area contributed by atoms with Crippen LogP contribution in [0.1, 0.15) is 0 Å². The van der Waals surface area contributed by atoms with Gasteiger partial charge in [-0.1, -0.05) is 60.7 Å². The Hall–Kier alpha value is -3.39. The fourth-order valence-corrected chi connectivity index (χ4v) is 3.33. The second-order valence-electron chi connectivity index (χ2n) is 6.08. The molecule has 2 aromatic heterocycles. The number of rotatable bonds is 2. The highest BCUT2D eigenvalue weighted by Gasteiger charge is 2.13. The number of benzene rings is 3. The number of pyridine rings is 1. The van der Waals surface area contributed by atoms with Crippen molar-refractivity contribution in [3.05, 3.63) is 91.1 Å². The van der Waals surface area contributed by atoms with Gasteiger partial charge in [0.15, 0.2) is 5.58 Å². The van der Waals surface area contributed by atoms with E-state index in [1.165, 1.54) is 11.1 Å². The molecule has 3 aromatic carbocycles. The van der Waals surface area contributed by atoms with Gasteiger partial charge in [0.2, 0.25) is 0 Å². The Balaban J connectivity index is 1.74. The molecule has 0 spiro atoms. The van der Waals surface area contributed by atoms with E-state index in [4.69, 9.17) is 4.42 Å². The standard InChI is InChI=1S/C23H15NO/c1-2-7-16(8-3-1)17-9-6-10-18(15-17)19-13-14-24-22-20-11-4-5-12-21(20)25-23(19)22/h1-15H. The molecule has 0 aliphatic carbocycles. The smallest absolute Gasteiger partial charge is 0.161 e. The monoisotopic (exact) mass is 321 g/mol. The van der Waals surface area contributed by atoms with Gasteiger partial charge in [-0.25, -0.2) is 0 Å². The van der Waals surface area contributed by atoms with E-state index in [1.807, 2.05) is 36.5 Å². The molecule has 5 aromatic rings. The maximum absolute atomic E-state index is 6.12. The maximum Gasteiger partial charge on any atom is 0.161 e. The van der Waals surface area contributed by atoms with Gasteiger partial charge in [-0.05, 0) is 41.0 Å². The Labute approximate surface area is 145 Å². The largest absolute Gasteiger partial charge is 0.454 e. The molecule has 0 aliphatic heterocycles. The first-order valence-corrected chi connectivity index (χ1v) is 8.32. The molecular weight excluding hydrogens is 306 g/mol. The number of hydrogen-bond acceptors (Lipinski definition) is 2. The van der Waals surface area contributed by atoms with E-state index in [0.29, 0.717) is 0 Å². The van der Waals surface area contributed by atoms with Gasteiger partial charge in [-0.15, -0.1) is 0 Å². The summed E-state index contributed by atoms with van der Waals surface area (Å²) < 4.78 is 6.12. The third kappa shape index (κ3) is 2.31. The zero-order valence-electron chi connectivity index (χ0n) is 13.5. The molecule has 0 amide bonds. The summed E-state index contributed by atoms with van der Waals surface area (Å²) in [6.07, 6.45) is 1.86. The molecule has 0 bridgehead atoms. The summed E-state index contributed by atoms with van der Waals surface area (Å²) in [5.41, 5.74) is 7.23. The Bertz CT molecular complexity index is 1190. The molecule has 0 saturated carbocycles. The molecule has 0 fully saturated rings. The van der Waals surface area contributed by atoms with E-state index < -0.39 is 0 Å². The summed E-state index contributed by atoms with van der Waals surface area (Å²) in [6.45, 7) is 0. The molecule has 2 nitrogen and oxygen atoms in total. The van der Waals surface area contributed by atoms with Crippen molar-refractivity contribution in [1.82, 2.24) is 4.98 Å². The quantitative estimate of drug-likeness (QED) is 0.380. The molecule has 0 unspecified atom stereocenters. The lowest BCUT2D eigenvalue weighted by Gasteiger charge is -2.06. The van der Waals surface area contributed by atoms with Crippen LogP contribution < -0.4 is 0 Å².